The molecule has 0 aliphatic heterocycles. The van der Waals surface area contributed by atoms with E-state index in [4.69, 9.17) is 0 Å². The zero-order chi connectivity index (χ0) is 41.5. The summed E-state index contributed by atoms with van der Waals surface area (Å²) in [6.07, 6.45) is 0. The molecule has 0 atom stereocenters. The van der Waals surface area contributed by atoms with Gasteiger partial charge in [-0.3, -0.25) is 0 Å². The van der Waals surface area contributed by atoms with Crippen LogP contribution in [0, 0.1) is 0 Å². The predicted molar refractivity (Wildman–Crippen MR) is 260 cm³/mol. The summed E-state index contributed by atoms with van der Waals surface area (Å²) in [6.45, 7) is 0. The molecular weight excluding hydrogens is 759 g/mol. The molecule has 0 amide bonds. The van der Waals surface area contributed by atoms with Gasteiger partial charge in [0.1, 0.15) is 0 Å². The van der Waals surface area contributed by atoms with Crippen LogP contribution in [-0.2, 0) is 10.8 Å². The monoisotopic (exact) mass is 799 g/mol. The Hall–Kier alpha value is -8.00. The Morgan fingerprint density at radius 2 is 0.508 bits per heavy atom. The van der Waals surface area contributed by atoms with Gasteiger partial charge >= 0.3 is 0 Å². The number of hydrogen-bond donors (Lipinski definition) is 0. The third-order valence-corrected chi connectivity index (χ3v) is 14.2. The van der Waals surface area contributed by atoms with Crippen molar-refractivity contribution in [3.05, 3.63) is 293 Å². The van der Waals surface area contributed by atoms with Crippen LogP contribution in [0.5, 0.6) is 0 Å². The van der Waals surface area contributed by atoms with E-state index in [0.29, 0.717) is 0 Å². The smallest absolute Gasteiger partial charge is 0.0720 e. The highest BCUT2D eigenvalue weighted by atomic mass is 15.1. The summed E-state index contributed by atoms with van der Waals surface area (Å²) in [5, 5.41) is 0. The van der Waals surface area contributed by atoms with Crippen LogP contribution < -0.4 is 4.90 Å². The molecule has 0 saturated carbocycles. The van der Waals surface area contributed by atoms with Gasteiger partial charge in [0.05, 0.1) is 10.8 Å². The zero-order valence-corrected chi connectivity index (χ0v) is 34.6. The van der Waals surface area contributed by atoms with Crippen LogP contribution >= 0.6 is 0 Å². The highest BCUT2D eigenvalue weighted by Crippen LogP contribution is 2.67. The minimum atomic E-state index is -0.525. The van der Waals surface area contributed by atoms with Crippen molar-refractivity contribution in [2.45, 2.75) is 10.8 Å². The second-order valence-electron chi connectivity index (χ2n) is 17.1. The van der Waals surface area contributed by atoms with Crippen LogP contribution in [0.1, 0.15) is 44.5 Å². The van der Waals surface area contributed by atoms with E-state index < -0.39 is 10.8 Å². The van der Waals surface area contributed by atoms with Gasteiger partial charge in [0.2, 0.25) is 0 Å². The molecule has 0 saturated heterocycles. The number of fused-ring (bicyclic) bond motifs is 16. The van der Waals surface area contributed by atoms with Gasteiger partial charge in [-0.1, -0.05) is 206 Å². The first-order chi connectivity index (χ1) is 31.3. The van der Waals surface area contributed by atoms with Crippen molar-refractivity contribution in [3.8, 4) is 44.5 Å². The molecular formula is C62H41N. The average molecular weight is 800 g/mol. The summed E-state index contributed by atoms with van der Waals surface area (Å²) in [7, 11) is 0. The number of para-hydroxylation sites is 1. The zero-order valence-electron chi connectivity index (χ0n) is 34.6. The standard InChI is InChI=1S/C62H41N/c1-3-17-42(18-4-1)43-31-36-47(37-32-43)63(46-19-5-2-6-20-46)48-38-33-44(34-39-48)45-35-40-52-51-23-9-12-26-55(51)62(60(52)41-45)58-29-15-13-27-56(58)61(57-28-14-16-30-59(57)62)53-24-10-7-21-49(53)50-22-8-11-25-54(50)61/h1-41H. The molecule has 1 heteroatoms. The maximum Gasteiger partial charge on any atom is 0.0720 e. The number of hydrogen-bond acceptors (Lipinski definition) is 1. The summed E-state index contributed by atoms with van der Waals surface area (Å²) < 4.78 is 0. The van der Waals surface area contributed by atoms with Crippen LogP contribution in [0.2, 0.25) is 0 Å². The molecule has 0 aromatic heterocycles. The summed E-state index contributed by atoms with van der Waals surface area (Å²) in [5.74, 6) is 0. The summed E-state index contributed by atoms with van der Waals surface area (Å²) in [6, 6.07) is 92.6. The van der Waals surface area contributed by atoms with Gasteiger partial charge in [0, 0.05) is 17.1 Å². The largest absolute Gasteiger partial charge is 0.311 e. The van der Waals surface area contributed by atoms with Crippen molar-refractivity contribution in [1.82, 2.24) is 0 Å². The highest BCUT2D eigenvalue weighted by molar-refractivity contribution is 5.94. The second-order valence-corrected chi connectivity index (χ2v) is 17.1. The molecule has 0 radical (unpaired) electrons. The van der Waals surface area contributed by atoms with E-state index in [1.807, 2.05) is 0 Å². The molecule has 3 aliphatic carbocycles. The van der Waals surface area contributed by atoms with Crippen LogP contribution in [-0.4, -0.2) is 0 Å². The molecule has 0 unspecified atom stereocenters. The van der Waals surface area contributed by atoms with Gasteiger partial charge in [0.15, 0.2) is 0 Å². The van der Waals surface area contributed by atoms with Crippen molar-refractivity contribution in [2.24, 2.45) is 0 Å². The molecule has 10 aromatic rings. The average Bonchev–Trinajstić information content (AvgIpc) is 3.82. The third-order valence-electron chi connectivity index (χ3n) is 14.2. The molecule has 10 aromatic carbocycles. The molecule has 2 spiro atoms. The van der Waals surface area contributed by atoms with Gasteiger partial charge < -0.3 is 4.90 Å². The van der Waals surface area contributed by atoms with Crippen molar-refractivity contribution in [2.75, 3.05) is 4.90 Å². The number of rotatable bonds is 5. The lowest BCUT2D eigenvalue weighted by molar-refractivity contribution is 0.633. The van der Waals surface area contributed by atoms with E-state index in [-0.39, 0.29) is 0 Å². The Morgan fingerprint density at radius 1 is 0.206 bits per heavy atom. The molecule has 13 rings (SSSR count). The number of benzene rings is 10. The van der Waals surface area contributed by atoms with Gasteiger partial charge in [-0.15, -0.1) is 0 Å². The normalized spacial score (nSPS) is 14.0. The Balaban J connectivity index is 0.983. The molecule has 1 nitrogen and oxygen atoms in total. The highest BCUT2D eigenvalue weighted by Gasteiger charge is 2.58. The van der Waals surface area contributed by atoms with E-state index in [1.165, 1.54) is 89.0 Å². The molecule has 63 heavy (non-hydrogen) atoms. The van der Waals surface area contributed by atoms with Crippen LogP contribution in [0.4, 0.5) is 17.1 Å². The second kappa shape index (κ2) is 13.8. The Kier molecular flexibility index (Phi) is 7.80. The van der Waals surface area contributed by atoms with Gasteiger partial charge in [-0.05, 0) is 131 Å². The van der Waals surface area contributed by atoms with Gasteiger partial charge in [0.25, 0.3) is 0 Å². The molecule has 0 bridgehead atoms. The Morgan fingerprint density at radius 3 is 0.968 bits per heavy atom. The molecule has 0 fully saturated rings. The minimum absolute atomic E-state index is 0.455. The van der Waals surface area contributed by atoms with E-state index in [0.717, 1.165) is 17.1 Å². The predicted octanol–water partition coefficient (Wildman–Crippen LogP) is 15.5. The maximum atomic E-state index is 2.50. The quantitative estimate of drug-likeness (QED) is 0.168. The first-order valence-electron chi connectivity index (χ1n) is 22.0. The molecule has 0 heterocycles. The third kappa shape index (κ3) is 4.94. The SMILES string of the molecule is c1ccc(-c2ccc(N(c3ccccc3)c3ccc(-c4ccc5c(c4)C4(c6ccccc6-5)c5ccccc5C5(c6ccccc6-c6ccccc65)c5ccccc54)cc3)cc2)cc1. The fourth-order valence-corrected chi connectivity index (χ4v) is 11.7. The Bertz CT molecular complexity index is 3290. The van der Waals surface area contributed by atoms with Crippen molar-refractivity contribution in [1.29, 1.82) is 0 Å². The topological polar surface area (TPSA) is 3.24 Å². The number of anilines is 3. The number of nitrogens with zero attached hydrogens (tertiary/aromatic N) is 1. The van der Waals surface area contributed by atoms with E-state index in [2.05, 4.69) is 254 Å². The lowest BCUT2D eigenvalue weighted by atomic mass is 9.52. The molecule has 294 valence electrons. The fourth-order valence-electron chi connectivity index (χ4n) is 11.7. The lowest BCUT2D eigenvalue weighted by Gasteiger charge is -2.48. The lowest BCUT2D eigenvalue weighted by Crippen LogP contribution is -2.43. The summed E-state index contributed by atoms with van der Waals surface area (Å²) in [4.78, 5) is 2.35. The maximum absolute atomic E-state index is 2.50. The first-order valence-corrected chi connectivity index (χ1v) is 22.0. The first kappa shape index (κ1) is 35.7. The van der Waals surface area contributed by atoms with Crippen LogP contribution in [0.15, 0.2) is 249 Å². The van der Waals surface area contributed by atoms with E-state index >= 15 is 0 Å². The minimum Gasteiger partial charge on any atom is -0.311 e. The van der Waals surface area contributed by atoms with Crippen molar-refractivity contribution in [3.63, 3.8) is 0 Å². The summed E-state index contributed by atoms with van der Waals surface area (Å²) >= 11 is 0. The molecule has 3 aliphatic rings. The van der Waals surface area contributed by atoms with E-state index in [9.17, 15) is 0 Å². The molecule has 0 N–H and O–H groups in total. The fraction of sp³-hybridized carbons (Fsp3) is 0.0323. The Labute approximate surface area is 368 Å². The van der Waals surface area contributed by atoms with Crippen LogP contribution in [0.25, 0.3) is 44.5 Å². The summed E-state index contributed by atoms with van der Waals surface area (Å²) in [5.41, 5.74) is 23.2. The van der Waals surface area contributed by atoms with Gasteiger partial charge in [-0.25, -0.2) is 0 Å². The van der Waals surface area contributed by atoms with Gasteiger partial charge in [-0.2, -0.15) is 0 Å². The van der Waals surface area contributed by atoms with E-state index in [1.54, 1.807) is 0 Å². The van der Waals surface area contributed by atoms with Crippen LogP contribution in [0.3, 0.4) is 0 Å². The van der Waals surface area contributed by atoms with Crippen molar-refractivity contribution < 1.29 is 0 Å². The van der Waals surface area contributed by atoms with Crippen molar-refractivity contribution >= 4 is 17.1 Å².